The van der Waals surface area contributed by atoms with E-state index in [0.717, 1.165) is 10.7 Å². The van der Waals surface area contributed by atoms with Crippen molar-refractivity contribution in [2.45, 2.75) is 23.9 Å². The minimum Gasteiger partial charge on any atom is -0.351 e. The minimum absolute atomic E-state index is 0.0297. The number of benzene rings is 1. The Labute approximate surface area is 127 Å². The molecule has 1 amide bonds. The summed E-state index contributed by atoms with van der Waals surface area (Å²) in [6.07, 6.45) is 3.58. The van der Waals surface area contributed by atoms with Crippen LogP contribution < -0.4 is 5.32 Å². The maximum atomic E-state index is 12.1. The van der Waals surface area contributed by atoms with E-state index in [4.69, 9.17) is 11.6 Å². The first-order valence-electron chi connectivity index (χ1n) is 6.23. The van der Waals surface area contributed by atoms with Gasteiger partial charge in [-0.25, -0.2) is 4.98 Å². The van der Waals surface area contributed by atoms with Crippen molar-refractivity contribution in [2.24, 2.45) is 7.05 Å². The van der Waals surface area contributed by atoms with Crippen LogP contribution in [0.15, 0.2) is 41.8 Å². The van der Waals surface area contributed by atoms with E-state index >= 15 is 0 Å². The maximum Gasteiger partial charge on any atom is 0.233 e. The van der Waals surface area contributed by atoms with E-state index in [1.165, 1.54) is 11.8 Å². The molecule has 0 radical (unpaired) electrons. The summed E-state index contributed by atoms with van der Waals surface area (Å²) >= 11 is 7.48. The molecule has 106 valence electrons. The molecule has 0 aliphatic carbocycles. The van der Waals surface area contributed by atoms with E-state index in [1.807, 2.05) is 49.0 Å². The van der Waals surface area contributed by atoms with Crippen molar-refractivity contribution in [3.63, 3.8) is 0 Å². The lowest BCUT2D eigenvalue weighted by molar-refractivity contribution is -0.120. The first-order valence-corrected chi connectivity index (χ1v) is 7.49. The Morgan fingerprint density at radius 1 is 1.50 bits per heavy atom. The van der Waals surface area contributed by atoms with E-state index in [1.54, 1.807) is 6.20 Å². The highest BCUT2D eigenvalue weighted by Crippen LogP contribution is 2.21. The minimum atomic E-state index is -0.210. The highest BCUT2D eigenvalue weighted by molar-refractivity contribution is 8.00. The predicted molar refractivity (Wildman–Crippen MR) is 81.8 cm³/mol. The van der Waals surface area contributed by atoms with Gasteiger partial charge in [0.25, 0.3) is 0 Å². The lowest BCUT2D eigenvalue weighted by atomic mass is 10.2. The predicted octanol–water partition coefficient (Wildman–Crippen LogP) is 2.87. The lowest BCUT2D eigenvalue weighted by Gasteiger charge is -2.12. The molecule has 20 heavy (non-hydrogen) atoms. The summed E-state index contributed by atoms with van der Waals surface area (Å²) in [5.41, 5.74) is 0.914. The Bertz CT molecular complexity index is 600. The topological polar surface area (TPSA) is 46.9 Å². The van der Waals surface area contributed by atoms with Crippen LogP contribution in [0, 0.1) is 0 Å². The van der Waals surface area contributed by atoms with Gasteiger partial charge < -0.3 is 9.88 Å². The van der Waals surface area contributed by atoms with Crippen LogP contribution in [0.3, 0.4) is 0 Å². The number of nitrogens with zero attached hydrogens (tertiary/aromatic N) is 2. The second kappa shape index (κ2) is 6.81. The van der Waals surface area contributed by atoms with Gasteiger partial charge >= 0.3 is 0 Å². The van der Waals surface area contributed by atoms with Crippen LogP contribution in [0.25, 0.3) is 0 Å². The van der Waals surface area contributed by atoms with E-state index < -0.39 is 0 Å². The fraction of sp³-hybridized carbons (Fsp3) is 0.286. The highest BCUT2D eigenvalue weighted by atomic mass is 35.5. The molecule has 2 aromatic rings. The van der Waals surface area contributed by atoms with Gasteiger partial charge in [-0.3, -0.25) is 4.79 Å². The number of thioether (sulfide) groups is 1. The number of amides is 1. The molecule has 1 atom stereocenters. The van der Waals surface area contributed by atoms with Gasteiger partial charge in [-0.2, -0.15) is 0 Å². The summed E-state index contributed by atoms with van der Waals surface area (Å²) in [5.74, 6) is -0.0297. The van der Waals surface area contributed by atoms with E-state index in [0.29, 0.717) is 11.6 Å². The van der Waals surface area contributed by atoms with Gasteiger partial charge in [-0.1, -0.05) is 41.6 Å². The summed E-state index contributed by atoms with van der Waals surface area (Å²) in [6.45, 7) is 2.30. The van der Waals surface area contributed by atoms with Crippen LogP contribution in [0.2, 0.25) is 5.02 Å². The molecule has 1 heterocycles. The average Bonchev–Trinajstić information content (AvgIpc) is 2.83. The molecule has 0 aliphatic rings. The summed E-state index contributed by atoms with van der Waals surface area (Å²) in [6, 6.07) is 7.49. The van der Waals surface area contributed by atoms with Gasteiger partial charge in [0, 0.05) is 31.0 Å². The second-order valence-electron chi connectivity index (χ2n) is 4.39. The van der Waals surface area contributed by atoms with E-state index in [-0.39, 0.29) is 11.2 Å². The molecular weight excluding hydrogens is 294 g/mol. The SMILES string of the molecule is CC(Sc1nccn1C)C(=O)NCc1ccccc1Cl. The number of hydrogen-bond acceptors (Lipinski definition) is 3. The van der Waals surface area contributed by atoms with E-state index in [9.17, 15) is 4.79 Å². The number of nitrogens with one attached hydrogen (secondary N) is 1. The maximum absolute atomic E-state index is 12.1. The summed E-state index contributed by atoms with van der Waals surface area (Å²) in [4.78, 5) is 16.2. The zero-order valence-electron chi connectivity index (χ0n) is 11.3. The molecular formula is C14H16ClN3OS. The fourth-order valence-electron chi connectivity index (χ4n) is 1.64. The number of carbonyl (C=O) groups excluding carboxylic acids is 1. The molecule has 0 saturated carbocycles. The lowest BCUT2D eigenvalue weighted by Crippen LogP contribution is -2.30. The zero-order valence-corrected chi connectivity index (χ0v) is 12.9. The van der Waals surface area contributed by atoms with Crippen molar-refractivity contribution in [3.05, 3.63) is 47.2 Å². The number of rotatable bonds is 5. The van der Waals surface area contributed by atoms with Gasteiger partial charge in [-0.05, 0) is 18.6 Å². The molecule has 1 N–H and O–H groups in total. The molecule has 1 aromatic heterocycles. The van der Waals surface area contributed by atoms with Crippen molar-refractivity contribution in [2.75, 3.05) is 0 Å². The Hall–Kier alpha value is -1.46. The van der Waals surface area contributed by atoms with Crippen molar-refractivity contribution < 1.29 is 4.79 Å². The first-order chi connectivity index (χ1) is 9.58. The molecule has 1 aromatic carbocycles. The largest absolute Gasteiger partial charge is 0.351 e. The Morgan fingerprint density at radius 2 is 2.25 bits per heavy atom. The van der Waals surface area contributed by atoms with Crippen molar-refractivity contribution in [3.8, 4) is 0 Å². The third-order valence-electron chi connectivity index (χ3n) is 2.84. The van der Waals surface area contributed by atoms with Crippen molar-refractivity contribution in [1.82, 2.24) is 14.9 Å². The molecule has 2 rings (SSSR count). The first kappa shape index (κ1) is 14.9. The van der Waals surface area contributed by atoms with Crippen LogP contribution in [0.5, 0.6) is 0 Å². The van der Waals surface area contributed by atoms with Gasteiger partial charge in [0.1, 0.15) is 0 Å². The quantitative estimate of drug-likeness (QED) is 0.864. The van der Waals surface area contributed by atoms with Crippen molar-refractivity contribution >= 4 is 29.3 Å². The number of halogens is 1. The molecule has 6 heteroatoms. The summed E-state index contributed by atoms with van der Waals surface area (Å²) in [5, 5.41) is 4.17. The summed E-state index contributed by atoms with van der Waals surface area (Å²) < 4.78 is 1.89. The second-order valence-corrected chi connectivity index (χ2v) is 6.11. The monoisotopic (exact) mass is 309 g/mol. The van der Waals surface area contributed by atoms with Crippen LogP contribution in [-0.2, 0) is 18.4 Å². The van der Waals surface area contributed by atoms with Crippen LogP contribution in [0.4, 0.5) is 0 Å². The number of imidazole rings is 1. The standard InChI is InChI=1S/C14H16ClN3OS/c1-10(20-14-16-7-8-18(14)2)13(19)17-9-11-5-3-4-6-12(11)15/h3-8,10H,9H2,1-2H3,(H,17,19). The smallest absolute Gasteiger partial charge is 0.233 e. The third-order valence-corrected chi connectivity index (χ3v) is 4.38. The van der Waals surface area contributed by atoms with Gasteiger partial charge in [0.15, 0.2) is 5.16 Å². The van der Waals surface area contributed by atoms with Crippen LogP contribution >= 0.6 is 23.4 Å². The average molecular weight is 310 g/mol. The summed E-state index contributed by atoms with van der Waals surface area (Å²) in [7, 11) is 1.91. The van der Waals surface area contributed by atoms with Crippen LogP contribution in [0.1, 0.15) is 12.5 Å². The fourth-order valence-corrected chi connectivity index (χ4v) is 2.70. The molecule has 0 bridgehead atoms. The van der Waals surface area contributed by atoms with E-state index in [2.05, 4.69) is 10.3 Å². The van der Waals surface area contributed by atoms with Gasteiger partial charge in [0.05, 0.1) is 5.25 Å². The normalized spacial score (nSPS) is 12.2. The number of hydrogen-bond donors (Lipinski definition) is 1. The Balaban J connectivity index is 1.89. The number of carbonyl (C=O) groups is 1. The molecule has 0 spiro atoms. The molecule has 0 fully saturated rings. The van der Waals surface area contributed by atoms with Gasteiger partial charge in [-0.15, -0.1) is 0 Å². The third kappa shape index (κ3) is 3.77. The number of aromatic nitrogens is 2. The zero-order chi connectivity index (χ0) is 14.5. The molecule has 1 unspecified atom stereocenters. The Kier molecular flexibility index (Phi) is 5.09. The van der Waals surface area contributed by atoms with Gasteiger partial charge in [0.2, 0.25) is 5.91 Å². The highest BCUT2D eigenvalue weighted by Gasteiger charge is 2.16. The van der Waals surface area contributed by atoms with Crippen molar-refractivity contribution in [1.29, 1.82) is 0 Å². The molecule has 4 nitrogen and oxygen atoms in total. The van der Waals surface area contributed by atoms with Crippen LogP contribution in [-0.4, -0.2) is 20.7 Å². The Morgan fingerprint density at radius 3 is 2.90 bits per heavy atom. The number of aryl methyl sites for hydroxylation is 1. The molecule has 0 aliphatic heterocycles. The molecule has 0 saturated heterocycles.